The van der Waals surface area contributed by atoms with Gasteiger partial charge < -0.3 is 51.4 Å². The summed E-state index contributed by atoms with van der Waals surface area (Å²) in [6.45, 7) is 0. The number of benzene rings is 4. The molecule has 18 heteroatoms. The van der Waals surface area contributed by atoms with Crippen LogP contribution in [-0.4, -0.2) is 76.1 Å². The summed E-state index contributed by atoms with van der Waals surface area (Å²) in [7, 11) is 2.35. The van der Waals surface area contributed by atoms with Gasteiger partial charge in [0.2, 0.25) is 5.91 Å². The lowest BCUT2D eigenvalue weighted by Gasteiger charge is -2.17. The summed E-state index contributed by atoms with van der Waals surface area (Å²) >= 11 is 0. The number of rotatable bonds is 14. The van der Waals surface area contributed by atoms with Gasteiger partial charge in [-0.15, -0.1) is 0 Å². The molecule has 0 fully saturated rings. The Morgan fingerprint density at radius 1 is 0.655 bits per heavy atom. The first-order valence-corrected chi connectivity index (χ1v) is 16.9. The topological polar surface area (TPSA) is 278 Å². The van der Waals surface area contributed by atoms with E-state index < -0.39 is 58.6 Å². The molecule has 4 aromatic carbocycles. The van der Waals surface area contributed by atoms with Crippen LogP contribution in [0, 0.1) is 11.3 Å². The van der Waals surface area contributed by atoms with Crippen LogP contribution in [-0.2, 0) is 4.79 Å². The molecule has 1 aromatic heterocycles. The largest absolute Gasteiger partial charge is 0.504 e. The molecule has 5 amide bonds. The van der Waals surface area contributed by atoms with Crippen molar-refractivity contribution in [2.24, 2.45) is 0 Å². The van der Waals surface area contributed by atoms with Crippen LogP contribution in [0.4, 0.5) is 22.7 Å². The summed E-state index contributed by atoms with van der Waals surface area (Å²) in [5.74, 6) is -6.68. The molecule has 0 radical (unpaired) electrons. The number of phenols is 2. The van der Waals surface area contributed by atoms with E-state index in [4.69, 9.17) is 9.47 Å². The highest BCUT2D eigenvalue weighted by molar-refractivity contribution is 6.10. The van der Waals surface area contributed by atoms with Crippen LogP contribution in [0.3, 0.4) is 0 Å². The minimum atomic E-state index is -1.42. The Balaban J connectivity index is 1.20. The Bertz CT molecular complexity index is 2430. The maximum atomic E-state index is 13.2. The molecule has 0 saturated heterocycles. The van der Waals surface area contributed by atoms with Gasteiger partial charge in [-0.25, -0.2) is 4.79 Å². The predicted octanol–water partition coefficient (Wildman–Crippen LogP) is 4.62. The maximum Gasteiger partial charge on any atom is 0.339 e. The van der Waals surface area contributed by atoms with Crippen LogP contribution in [0.15, 0.2) is 97.3 Å². The monoisotopic (exact) mass is 787 g/mol. The molecule has 0 saturated carbocycles. The van der Waals surface area contributed by atoms with Crippen LogP contribution in [0.2, 0.25) is 0 Å². The van der Waals surface area contributed by atoms with Crippen molar-refractivity contribution < 1.29 is 53.6 Å². The van der Waals surface area contributed by atoms with Crippen molar-refractivity contribution in [1.82, 2.24) is 10.3 Å². The van der Waals surface area contributed by atoms with E-state index in [1.54, 1.807) is 12.1 Å². The third-order valence-corrected chi connectivity index (χ3v) is 8.30. The number of hydrogen-bond acceptors (Lipinski definition) is 12. The quantitative estimate of drug-likeness (QED) is 0.0764. The fraction of sp³-hybridized carbons (Fsp3) is 0.100. The normalized spacial score (nSPS) is 10.8. The van der Waals surface area contributed by atoms with E-state index in [9.17, 15) is 49.3 Å². The van der Waals surface area contributed by atoms with Crippen LogP contribution in [0.1, 0.15) is 58.2 Å². The van der Waals surface area contributed by atoms with E-state index in [2.05, 4.69) is 31.6 Å². The first-order chi connectivity index (χ1) is 27.8. The number of ether oxygens (including phenoxy) is 2. The highest BCUT2D eigenvalue weighted by Gasteiger charge is 2.25. The minimum Gasteiger partial charge on any atom is -0.504 e. The van der Waals surface area contributed by atoms with E-state index in [1.807, 2.05) is 6.07 Å². The van der Waals surface area contributed by atoms with Crippen LogP contribution >= 0.6 is 0 Å². The average Bonchev–Trinajstić information content (AvgIpc) is 3.21. The second-order valence-electron chi connectivity index (χ2n) is 12.0. The molecule has 1 atom stereocenters. The molecule has 58 heavy (non-hydrogen) atoms. The van der Waals surface area contributed by atoms with E-state index in [0.29, 0.717) is 11.3 Å². The number of carbonyl (C=O) groups excluding carboxylic acids is 5. The summed E-state index contributed by atoms with van der Waals surface area (Å²) in [6.07, 6.45) is 2.59. The number of anilines is 4. The van der Waals surface area contributed by atoms with Gasteiger partial charge >= 0.3 is 5.97 Å². The van der Waals surface area contributed by atoms with E-state index in [-0.39, 0.29) is 51.7 Å². The number of aromatic carboxylic acids is 1. The Morgan fingerprint density at radius 3 is 1.71 bits per heavy atom. The van der Waals surface area contributed by atoms with E-state index in [0.717, 1.165) is 13.2 Å². The van der Waals surface area contributed by atoms with Gasteiger partial charge in [-0.2, -0.15) is 5.26 Å². The first kappa shape index (κ1) is 40.7. The summed E-state index contributed by atoms with van der Waals surface area (Å²) in [6, 6.07) is 20.0. The van der Waals surface area contributed by atoms with Crippen molar-refractivity contribution in [3.8, 4) is 29.1 Å². The number of methoxy groups -OCH3 is 2. The molecule has 0 aliphatic rings. The lowest BCUT2D eigenvalue weighted by Crippen LogP contribution is -2.43. The molecule has 0 aliphatic heterocycles. The molecule has 5 rings (SSSR count). The number of hydrogen-bond donors (Lipinski definition) is 8. The molecular formula is C40H33N7O11. The first-order valence-electron chi connectivity index (χ1n) is 16.9. The molecule has 0 spiro atoms. The molecule has 0 bridgehead atoms. The number of carbonyl (C=O) groups is 6. The second-order valence-corrected chi connectivity index (χ2v) is 12.0. The summed E-state index contributed by atoms with van der Waals surface area (Å²) < 4.78 is 10.3. The number of nitriles is 1. The van der Waals surface area contributed by atoms with Gasteiger partial charge in [0, 0.05) is 34.9 Å². The molecule has 294 valence electrons. The van der Waals surface area contributed by atoms with Crippen LogP contribution in [0.5, 0.6) is 23.0 Å². The number of phenolic OH excluding ortho intramolecular Hbond substituents is 1. The number of nitrogens with one attached hydrogen (secondary N) is 5. The molecule has 1 heterocycles. The predicted molar refractivity (Wildman–Crippen MR) is 207 cm³/mol. The average molecular weight is 788 g/mol. The number of pyridine rings is 1. The van der Waals surface area contributed by atoms with Crippen molar-refractivity contribution in [1.29, 1.82) is 5.26 Å². The number of aromatic hydroxyl groups is 2. The fourth-order valence-corrected chi connectivity index (χ4v) is 5.37. The van der Waals surface area contributed by atoms with Gasteiger partial charge in [0.25, 0.3) is 23.6 Å². The van der Waals surface area contributed by atoms with Gasteiger partial charge in [-0.1, -0.05) is 0 Å². The maximum absolute atomic E-state index is 13.2. The third-order valence-electron chi connectivity index (χ3n) is 8.30. The zero-order valence-electron chi connectivity index (χ0n) is 30.5. The third kappa shape index (κ3) is 9.42. The number of carboxylic acids is 1. The standard InChI is InChI=1S/C40H33N7O11/c1-57-33-28(15-13-26(31(33)48)38(53)46-29-16-14-27(40(55)56)32(49)34(29)58-2)45-35(50)21-7-11-25(12-8-21)44-39(54)30(17-18-41)47-36(51)22-5-9-24(10-6-22)43-37(52)23-4-3-19-42-20-23/h3-16,19-20,30,48-49H,17H2,1-2H3,(H,43,52)(H,44,54)(H,45,50)(H,46,53)(H,47,51)(H,55,56). The van der Waals surface area contributed by atoms with Crippen molar-refractivity contribution in [3.05, 3.63) is 125 Å². The van der Waals surface area contributed by atoms with Crippen molar-refractivity contribution in [2.45, 2.75) is 12.5 Å². The second kappa shape index (κ2) is 18.2. The highest BCUT2D eigenvalue weighted by atomic mass is 16.5. The fourth-order valence-electron chi connectivity index (χ4n) is 5.37. The molecule has 8 N–H and O–H groups in total. The van der Waals surface area contributed by atoms with Gasteiger partial charge in [0.1, 0.15) is 11.6 Å². The summed E-state index contributed by atoms with van der Waals surface area (Å²) in [5.41, 5.74) is 0.405. The van der Waals surface area contributed by atoms with E-state index in [1.165, 1.54) is 86.2 Å². The molecule has 0 aliphatic carbocycles. The lowest BCUT2D eigenvalue weighted by molar-refractivity contribution is -0.117. The van der Waals surface area contributed by atoms with Gasteiger partial charge in [0.05, 0.1) is 49.2 Å². The van der Waals surface area contributed by atoms with Crippen molar-refractivity contribution >= 4 is 58.3 Å². The van der Waals surface area contributed by atoms with Crippen LogP contribution in [0.25, 0.3) is 0 Å². The zero-order chi connectivity index (χ0) is 41.9. The Labute approximate surface area is 329 Å². The van der Waals surface area contributed by atoms with Crippen molar-refractivity contribution in [3.63, 3.8) is 0 Å². The number of amides is 5. The van der Waals surface area contributed by atoms with Crippen LogP contribution < -0.4 is 36.1 Å². The van der Waals surface area contributed by atoms with E-state index >= 15 is 0 Å². The Kier molecular flexibility index (Phi) is 12.8. The summed E-state index contributed by atoms with van der Waals surface area (Å²) in [4.78, 5) is 79.9. The summed E-state index contributed by atoms with van der Waals surface area (Å²) in [5, 5.41) is 52.5. The SMILES string of the molecule is COc1c(NC(=O)c2ccc(NC(=O)c3ccc(NC(=O)C(CC#N)NC(=O)c4ccc(NC(=O)c5cccnc5)cc4)cc3)c(OC)c2O)ccc(C(=O)O)c1O. The lowest BCUT2D eigenvalue weighted by atomic mass is 10.1. The highest BCUT2D eigenvalue weighted by Crippen LogP contribution is 2.40. The number of carboxylic acid groups (broad SMARTS) is 1. The Hall–Kier alpha value is -8.46. The molecule has 5 aromatic rings. The van der Waals surface area contributed by atoms with Gasteiger partial charge in [-0.05, 0) is 84.9 Å². The Morgan fingerprint density at radius 2 is 1.17 bits per heavy atom. The van der Waals surface area contributed by atoms with Crippen molar-refractivity contribution in [2.75, 3.05) is 35.5 Å². The zero-order valence-corrected chi connectivity index (χ0v) is 30.5. The molecule has 1 unspecified atom stereocenters. The molecular weight excluding hydrogens is 754 g/mol. The minimum absolute atomic E-state index is 0.0146. The molecule has 18 nitrogen and oxygen atoms in total. The number of aromatic nitrogens is 1. The van der Waals surface area contributed by atoms with Gasteiger partial charge in [-0.3, -0.25) is 29.0 Å². The van der Waals surface area contributed by atoms with Gasteiger partial charge in [0.15, 0.2) is 23.0 Å². The number of nitrogens with zero attached hydrogens (tertiary/aromatic N) is 2. The smallest absolute Gasteiger partial charge is 0.339 e.